The highest BCUT2D eigenvalue weighted by Crippen LogP contribution is 2.24. The molecule has 1 N–H and O–H groups in total. The Hall–Kier alpha value is -2.27. The minimum Gasteiger partial charge on any atom is -0.377 e. The molecule has 0 amide bonds. The molecule has 0 saturated carbocycles. The van der Waals surface area contributed by atoms with Gasteiger partial charge in [-0.15, -0.1) is 0 Å². The SMILES string of the molecule is Cc1ccc(C(C)Nc2cccc(C)c2C#N)cc1. The lowest BCUT2D eigenvalue weighted by Gasteiger charge is -2.17. The van der Waals surface area contributed by atoms with Crippen LogP contribution in [0.5, 0.6) is 0 Å². The van der Waals surface area contributed by atoms with Gasteiger partial charge in [-0.2, -0.15) is 5.26 Å². The van der Waals surface area contributed by atoms with Gasteiger partial charge in [0.25, 0.3) is 0 Å². The second kappa shape index (κ2) is 5.58. The number of benzene rings is 2. The van der Waals surface area contributed by atoms with E-state index in [1.165, 1.54) is 11.1 Å². The normalized spacial score (nSPS) is 11.7. The predicted molar refractivity (Wildman–Crippen MR) is 79.1 cm³/mol. The van der Waals surface area contributed by atoms with Crippen molar-refractivity contribution in [2.24, 2.45) is 0 Å². The molecule has 0 aromatic heterocycles. The third-order valence-electron chi connectivity index (χ3n) is 3.33. The largest absolute Gasteiger partial charge is 0.377 e. The van der Waals surface area contributed by atoms with Crippen LogP contribution in [-0.4, -0.2) is 0 Å². The van der Waals surface area contributed by atoms with Crippen LogP contribution < -0.4 is 5.32 Å². The summed E-state index contributed by atoms with van der Waals surface area (Å²) >= 11 is 0. The molecule has 0 saturated heterocycles. The predicted octanol–water partition coefficient (Wildman–Crippen LogP) is 4.35. The lowest BCUT2D eigenvalue weighted by molar-refractivity contribution is 0.883. The molecule has 0 aliphatic carbocycles. The number of hydrogen-bond donors (Lipinski definition) is 1. The van der Waals surface area contributed by atoms with Crippen LogP contribution in [0.3, 0.4) is 0 Å². The van der Waals surface area contributed by atoms with Gasteiger partial charge in [-0.3, -0.25) is 0 Å². The topological polar surface area (TPSA) is 35.8 Å². The summed E-state index contributed by atoms with van der Waals surface area (Å²) in [5, 5.41) is 12.6. The van der Waals surface area contributed by atoms with E-state index in [1.54, 1.807) is 0 Å². The summed E-state index contributed by atoms with van der Waals surface area (Å²) in [4.78, 5) is 0. The van der Waals surface area contributed by atoms with Crippen molar-refractivity contribution in [3.63, 3.8) is 0 Å². The highest BCUT2D eigenvalue weighted by molar-refractivity contribution is 5.61. The van der Waals surface area contributed by atoms with Crippen molar-refractivity contribution in [1.29, 1.82) is 5.26 Å². The monoisotopic (exact) mass is 250 g/mol. The van der Waals surface area contributed by atoms with Gasteiger partial charge in [-0.05, 0) is 38.0 Å². The Morgan fingerprint density at radius 3 is 2.37 bits per heavy atom. The third-order valence-corrected chi connectivity index (χ3v) is 3.33. The highest BCUT2D eigenvalue weighted by Gasteiger charge is 2.09. The highest BCUT2D eigenvalue weighted by atomic mass is 14.9. The molecule has 0 aliphatic rings. The van der Waals surface area contributed by atoms with Crippen molar-refractivity contribution in [2.75, 3.05) is 5.32 Å². The van der Waals surface area contributed by atoms with Gasteiger partial charge in [-0.1, -0.05) is 42.0 Å². The van der Waals surface area contributed by atoms with Crippen LogP contribution >= 0.6 is 0 Å². The fraction of sp³-hybridized carbons (Fsp3) is 0.235. The van der Waals surface area contributed by atoms with E-state index in [9.17, 15) is 5.26 Å². The zero-order valence-corrected chi connectivity index (χ0v) is 11.6. The van der Waals surface area contributed by atoms with Crippen molar-refractivity contribution in [3.05, 3.63) is 64.7 Å². The van der Waals surface area contributed by atoms with E-state index in [2.05, 4.69) is 49.5 Å². The lowest BCUT2D eigenvalue weighted by Crippen LogP contribution is -2.08. The maximum Gasteiger partial charge on any atom is 0.102 e. The average Bonchev–Trinajstić information content (AvgIpc) is 2.39. The first kappa shape index (κ1) is 13.2. The Morgan fingerprint density at radius 2 is 1.74 bits per heavy atom. The van der Waals surface area contributed by atoms with E-state index in [0.29, 0.717) is 0 Å². The maximum atomic E-state index is 9.23. The molecule has 96 valence electrons. The minimum absolute atomic E-state index is 0.175. The number of nitrogens with zero attached hydrogens (tertiary/aromatic N) is 1. The Kier molecular flexibility index (Phi) is 3.87. The van der Waals surface area contributed by atoms with Gasteiger partial charge in [0.15, 0.2) is 0 Å². The standard InChI is InChI=1S/C17H18N2/c1-12-7-9-15(10-8-12)14(3)19-17-6-4-5-13(2)16(17)11-18/h4-10,14,19H,1-3H3. The summed E-state index contributed by atoms with van der Waals surface area (Å²) in [7, 11) is 0. The number of hydrogen-bond acceptors (Lipinski definition) is 2. The number of rotatable bonds is 3. The van der Waals surface area contributed by atoms with Gasteiger partial charge in [0.2, 0.25) is 0 Å². The fourth-order valence-electron chi connectivity index (χ4n) is 2.11. The van der Waals surface area contributed by atoms with Gasteiger partial charge in [0.1, 0.15) is 6.07 Å². The van der Waals surface area contributed by atoms with E-state index >= 15 is 0 Å². The molecule has 1 unspecified atom stereocenters. The van der Waals surface area contributed by atoms with Crippen LogP contribution in [0, 0.1) is 25.2 Å². The lowest BCUT2D eigenvalue weighted by atomic mass is 10.0. The molecule has 2 nitrogen and oxygen atoms in total. The fourth-order valence-corrected chi connectivity index (χ4v) is 2.11. The maximum absolute atomic E-state index is 9.23. The van der Waals surface area contributed by atoms with Gasteiger partial charge < -0.3 is 5.32 Å². The summed E-state index contributed by atoms with van der Waals surface area (Å²) in [5.41, 5.74) is 5.10. The van der Waals surface area contributed by atoms with E-state index < -0.39 is 0 Å². The molecule has 0 radical (unpaired) electrons. The Morgan fingerprint density at radius 1 is 1.05 bits per heavy atom. The molecule has 0 spiro atoms. The second-order valence-corrected chi connectivity index (χ2v) is 4.89. The van der Waals surface area contributed by atoms with Crippen LogP contribution in [-0.2, 0) is 0 Å². The van der Waals surface area contributed by atoms with Crippen LogP contribution in [0.2, 0.25) is 0 Å². The molecule has 0 heterocycles. The van der Waals surface area contributed by atoms with E-state index in [-0.39, 0.29) is 6.04 Å². The van der Waals surface area contributed by atoms with Crippen molar-refractivity contribution in [3.8, 4) is 6.07 Å². The van der Waals surface area contributed by atoms with E-state index in [0.717, 1.165) is 16.8 Å². The summed E-state index contributed by atoms with van der Waals surface area (Å²) in [5.74, 6) is 0. The molecule has 2 heteroatoms. The number of aryl methyl sites for hydroxylation is 2. The molecule has 2 rings (SSSR count). The Labute approximate surface area is 114 Å². The Balaban J connectivity index is 2.24. The average molecular weight is 250 g/mol. The van der Waals surface area contributed by atoms with E-state index in [4.69, 9.17) is 0 Å². The number of nitriles is 1. The first-order valence-electron chi connectivity index (χ1n) is 6.44. The zero-order valence-electron chi connectivity index (χ0n) is 11.6. The number of nitrogens with one attached hydrogen (secondary N) is 1. The smallest absolute Gasteiger partial charge is 0.102 e. The summed E-state index contributed by atoms with van der Waals surface area (Å²) in [6, 6.07) is 16.8. The van der Waals surface area contributed by atoms with Gasteiger partial charge in [-0.25, -0.2) is 0 Å². The quantitative estimate of drug-likeness (QED) is 0.879. The van der Waals surface area contributed by atoms with Crippen molar-refractivity contribution >= 4 is 5.69 Å². The van der Waals surface area contributed by atoms with Crippen LogP contribution in [0.25, 0.3) is 0 Å². The summed E-state index contributed by atoms with van der Waals surface area (Å²) in [6.45, 7) is 6.14. The van der Waals surface area contributed by atoms with Gasteiger partial charge in [0.05, 0.1) is 11.3 Å². The first-order valence-corrected chi connectivity index (χ1v) is 6.44. The molecule has 0 fully saturated rings. The third kappa shape index (κ3) is 2.95. The molecule has 0 bridgehead atoms. The Bertz CT molecular complexity index is 606. The van der Waals surface area contributed by atoms with Crippen molar-refractivity contribution in [2.45, 2.75) is 26.8 Å². The molecule has 19 heavy (non-hydrogen) atoms. The molecule has 1 atom stereocenters. The summed E-state index contributed by atoms with van der Waals surface area (Å²) < 4.78 is 0. The second-order valence-electron chi connectivity index (χ2n) is 4.89. The van der Waals surface area contributed by atoms with E-state index in [1.807, 2.05) is 25.1 Å². The van der Waals surface area contributed by atoms with Crippen molar-refractivity contribution < 1.29 is 0 Å². The van der Waals surface area contributed by atoms with Crippen LogP contribution in [0.1, 0.15) is 35.2 Å². The minimum atomic E-state index is 0.175. The molecular formula is C17H18N2. The van der Waals surface area contributed by atoms with Crippen LogP contribution in [0.15, 0.2) is 42.5 Å². The molecular weight excluding hydrogens is 232 g/mol. The molecule has 2 aromatic rings. The molecule has 2 aromatic carbocycles. The first-order chi connectivity index (χ1) is 9.11. The van der Waals surface area contributed by atoms with Crippen molar-refractivity contribution in [1.82, 2.24) is 0 Å². The molecule has 0 aliphatic heterocycles. The van der Waals surface area contributed by atoms with Crippen LogP contribution in [0.4, 0.5) is 5.69 Å². The van der Waals surface area contributed by atoms with Gasteiger partial charge >= 0.3 is 0 Å². The van der Waals surface area contributed by atoms with Gasteiger partial charge in [0, 0.05) is 6.04 Å². The zero-order chi connectivity index (χ0) is 13.8. The number of anilines is 1. The summed E-state index contributed by atoms with van der Waals surface area (Å²) in [6.07, 6.45) is 0.